The number of carbonyl (C=O) groups is 3. The van der Waals surface area contributed by atoms with E-state index in [1.165, 1.54) is 24.1 Å². The Morgan fingerprint density at radius 3 is 2.30 bits per heavy atom. The van der Waals surface area contributed by atoms with Gasteiger partial charge in [0.2, 0.25) is 0 Å². The molecule has 3 fully saturated rings. The summed E-state index contributed by atoms with van der Waals surface area (Å²) in [4.78, 5) is 44.6. The fraction of sp³-hybridized carbons (Fsp3) is 0.500. The second kappa shape index (κ2) is 11.1. The molecule has 10 heteroatoms. The number of carbonyl (C=O) groups excluding carboxylic acids is 3. The molecule has 1 saturated carbocycles. The first kappa shape index (κ1) is 28.0. The van der Waals surface area contributed by atoms with Gasteiger partial charge in [0.15, 0.2) is 0 Å². The minimum atomic E-state index is -4.45. The van der Waals surface area contributed by atoms with Crippen molar-refractivity contribution in [3.05, 3.63) is 65.2 Å². The monoisotopic (exact) mass is 557 g/mol. The van der Waals surface area contributed by atoms with Crippen molar-refractivity contribution >= 4 is 23.6 Å². The van der Waals surface area contributed by atoms with Gasteiger partial charge < -0.3 is 14.5 Å². The highest BCUT2D eigenvalue weighted by Crippen LogP contribution is 2.41. The molecule has 3 aliphatic rings. The Bertz CT molecular complexity index is 1250. The van der Waals surface area contributed by atoms with Crippen LogP contribution in [0, 0.1) is 5.92 Å². The maximum atomic E-state index is 14.0. The highest BCUT2D eigenvalue weighted by molar-refractivity contribution is 6.07. The molecule has 2 aromatic rings. The molecular weight excluding hydrogens is 523 g/mol. The van der Waals surface area contributed by atoms with Crippen molar-refractivity contribution in [1.29, 1.82) is 0 Å². The van der Waals surface area contributed by atoms with Crippen molar-refractivity contribution < 1.29 is 32.3 Å². The second-order valence-electron chi connectivity index (χ2n) is 11.1. The summed E-state index contributed by atoms with van der Waals surface area (Å²) in [6, 6.07) is 12.1. The molecule has 5 rings (SSSR count). The Morgan fingerprint density at radius 2 is 1.68 bits per heavy atom. The Morgan fingerprint density at radius 1 is 1.00 bits per heavy atom. The zero-order valence-corrected chi connectivity index (χ0v) is 22.6. The van der Waals surface area contributed by atoms with Crippen molar-refractivity contribution in [2.75, 3.05) is 31.6 Å². The number of methoxy groups -OCH3 is 1. The lowest BCUT2D eigenvalue weighted by Crippen LogP contribution is -2.56. The van der Waals surface area contributed by atoms with Gasteiger partial charge in [0.25, 0.3) is 5.91 Å². The molecule has 2 aliphatic heterocycles. The summed E-state index contributed by atoms with van der Waals surface area (Å²) in [7, 11) is 1.35. The number of esters is 1. The van der Waals surface area contributed by atoms with E-state index < -0.39 is 17.3 Å². The van der Waals surface area contributed by atoms with Crippen LogP contribution in [0.2, 0.25) is 0 Å². The first-order valence-electron chi connectivity index (χ1n) is 13.8. The molecule has 1 spiro atoms. The molecule has 0 bridgehead atoms. The van der Waals surface area contributed by atoms with E-state index in [4.69, 9.17) is 4.74 Å². The van der Waals surface area contributed by atoms with Crippen LogP contribution >= 0.6 is 0 Å². The number of rotatable bonds is 7. The van der Waals surface area contributed by atoms with E-state index >= 15 is 0 Å². The molecular formula is C30H34F3N3O4. The molecule has 0 aromatic heterocycles. The minimum absolute atomic E-state index is 0.0679. The summed E-state index contributed by atoms with van der Waals surface area (Å²) in [5, 5.41) is 0. The van der Waals surface area contributed by atoms with Crippen LogP contribution in [0.3, 0.4) is 0 Å². The van der Waals surface area contributed by atoms with Gasteiger partial charge in [-0.2, -0.15) is 13.2 Å². The number of hydrogen-bond donors (Lipinski definition) is 0. The van der Waals surface area contributed by atoms with Gasteiger partial charge in [0.05, 0.1) is 19.1 Å². The summed E-state index contributed by atoms with van der Waals surface area (Å²) >= 11 is 0. The van der Waals surface area contributed by atoms with Crippen molar-refractivity contribution in [2.45, 2.75) is 63.2 Å². The van der Waals surface area contributed by atoms with Gasteiger partial charge in [-0.05, 0) is 67.0 Å². The molecule has 2 heterocycles. The number of halogens is 3. The van der Waals surface area contributed by atoms with Crippen LogP contribution in [0.5, 0.6) is 0 Å². The largest absolute Gasteiger partial charge is 0.469 e. The lowest BCUT2D eigenvalue weighted by molar-refractivity contribution is -0.140. The van der Waals surface area contributed by atoms with Crippen molar-refractivity contribution in [3.63, 3.8) is 0 Å². The number of alkyl halides is 3. The average molecular weight is 558 g/mol. The molecule has 3 amide bonds. The number of piperidine rings is 1. The van der Waals surface area contributed by atoms with E-state index in [1.54, 1.807) is 4.90 Å². The number of anilines is 1. The average Bonchev–Trinajstić information content (AvgIpc) is 3.52. The maximum Gasteiger partial charge on any atom is 0.416 e. The first-order chi connectivity index (χ1) is 19.1. The van der Waals surface area contributed by atoms with Crippen LogP contribution in [-0.2, 0) is 33.5 Å². The quantitative estimate of drug-likeness (QED) is 0.336. The molecule has 2 aromatic carbocycles. The van der Waals surface area contributed by atoms with Gasteiger partial charge in [-0.25, -0.2) is 4.79 Å². The van der Waals surface area contributed by atoms with Crippen LogP contribution in [0.4, 0.5) is 23.7 Å². The number of benzene rings is 2. The van der Waals surface area contributed by atoms with Crippen LogP contribution in [0.25, 0.3) is 0 Å². The smallest absolute Gasteiger partial charge is 0.416 e. The fourth-order valence-electron chi connectivity index (χ4n) is 6.32. The van der Waals surface area contributed by atoms with Gasteiger partial charge in [-0.3, -0.25) is 14.5 Å². The third kappa shape index (κ3) is 5.53. The Hall–Kier alpha value is -3.56. The number of imide groups is 1. The van der Waals surface area contributed by atoms with E-state index in [0.29, 0.717) is 38.0 Å². The van der Waals surface area contributed by atoms with Gasteiger partial charge in [0.1, 0.15) is 5.54 Å². The van der Waals surface area contributed by atoms with Crippen LogP contribution in [-0.4, -0.2) is 60.0 Å². The summed E-state index contributed by atoms with van der Waals surface area (Å²) < 4.78 is 44.1. The van der Waals surface area contributed by atoms with E-state index in [0.717, 1.165) is 49.1 Å². The third-order valence-corrected chi connectivity index (χ3v) is 8.60. The summed E-state index contributed by atoms with van der Waals surface area (Å²) in [6.07, 6.45) is 0.666. The van der Waals surface area contributed by atoms with Crippen LogP contribution in [0.1, 0.15) is 55.2 Å². The van der Waals surface area contributed by atoms with Gasteiger partial charge in [0, 0.05) is 31.9 Å². The van der Waals surface area contributed by atoms with E-state index in [2.05, 4.69) is 4.90 Å². The topological polar surface area (TPSA) is 70.2 Å². The zero-order chi connectivity index (χ0) is 28.5. The number of amides is 3. The second-order valence-corrected chi connectivity index (χ2v) is 11.1. The van der Waals surface area contributed by atoms with E-state index in [9.17, 15) is 27.6 Å². The van der Waals surface area contributed by atoms with Crippen molar-refractivity contribution in [1.82, 2.24) is 9.80 Å². The molecule has 40 heavy (non-hydrogen) atoms. The molecule has 0 unspecified atom stereocenters. The Kier molecular flexibility index (Phi) is 7.79. The van der Waals surface area contributed by atoms with Crippen molar-refractivity contribution in [3.8, 4) is 0 Å². The lowest BCUT2D eigenvalue weighted by Gasteiger charge is -2.43. The Labute approximate surface area is 231 Å². The molecule has 2 saturated heterocycles. The van der Waals surface area contributed by atoms with Crippen LogP contribution < -0.4 is 4.90 Å². The molecule has 0 radical (unpaired) electrons. The predicted molar refractivity (Wildman–Crippen MR) is 142 cm³/mol. The van der Waals surface area contributed by atoms with Gasteiger partial charge >= 0.3 is 18.2 Å². The molecule has 7 nitrogen and oxygen atoms in total. The number of nitrogens with zero attached hydrogens (tertiary/aromatic N) is 3. The zero-order valence-electron chi connectivity index (χ0n) is 22.6. The third-order valence-electron chi connectivity index (χ3n) is 8.60. The summed E-state index contributed by atoms with van der Waals surface area (Å²) in [5.41, 5.74) is 0.501. The molecule has 1 aliphatic carbocycles. The van der Waals surface area contributed by atoms with Gasteiger partial charge in [-0.15, -0.1) is 0 Å². The first-order valence-corrected chi connectivity index (χ1v) is 13.8. The van der Waals surface area contributed by atoms with E-state index in [1.807, 2.05) is 24.3 Å². The fourth-order valence-corrected chi connectivity index (χ4v) is 6.32. The van der Waals surface area contributed by atoms with Gasteiger partial charge in [-0.1, -0.05) is 37.1 Å². The van der Waals surface area contributed by atoms with Crippen LogP contribution in [0.15, 0.2) is 48.5 Å². The highest BCUT2D eigenvalue weighted by atomic mass is 19.4. The number of hydrogen-bond acceptors (Lipinski definition) is 5. The lowest BCUT2D eigenvalue weighted by atomic mass is 9.85. The molecule has 214 valence electrons. The Balaban J connectivity index is 1.37. The maximum absolute atomic E-state index is 14.0. The predicted octanol–water partition coefficient (Wildman–Crippen LogP) is 5.41. The summed E-state index contributed by atoms with van der Waals surface area (Å²) in [5.74, 6) is -0.241. The number of urea groups is 1. The van der Waals surface area contributed by atoms with E-state index in [-0.39, 0.29) is 36.8 Å². The normalized spacial score (nSPS) is 19.6. The molecule has 0 atom stereocenters. The SMILES string of the molecule is COC(=O)Cc1cccc(N2CCC3(CC2)C(=O)N(CC2CCCC2)C(=O)N3Cc2ccc(C(F)(F)F)cc2)c1. The molecule has 0 N–H and O–H groups in total. The highest BCUT2D eigenvalue weighted by Gasteiger charge is 2.58. The standard InChI is InChI=1S/C30H34F3N3O4/c1-40-26(37)18-23-7-4-8-25(17-23)34-15-13-29(14-16-34)27(38)35(19-21-5-2-3-6-21)28(39)36(29)20-22-9-11-24(12-10-22)30(31,32)33/h4,7-12,17,21H,2-3,5-6,13-16,18-20H2,1H3. The summed E-state index contributed by atoms with van der Waals surface area (Å²) in [6.45, 7) is 1.49. The minimum Gasteiger partial charge on any atom is -0.469 e. The number of ether oxygens (including phenoxy) is 1. The van der Waals surface area contributed by atoms with Crippen molar-refractivity contribution in [2.24, 2.45) is 5.92 Å².